The third kappa shape index (κ3) is 6.82. The van der Waals surface area contributed by atoms with Gasteiger partial charge in [0.25, 0.3) is 0 Å². The number of nitrogens with one attached hydrogen (secondary N) is 1. The standard InChI is InChI=1S/C25H34N2O4.2ClH/c26-21-9-7-20-18(8-10-22(28)25(20)29)19(21)5-3-1-2-4-13-27-14-12-17-6-11-23-24(15-17)31-16-30-23;;/h6,8,10-11,15,19,21,27-29H,1-5,7,9,12-14,16,26H2;2*1H. The van der Waals surface area contributed by atoms with E-state index in [1.165, 1.54) is 24.8 Å². The minimum atomic E-state index is -0.0287. The molecule has 2 atom stereocenters. The first-order valence-electron chi connectivity index (χ1n) is 11.5. The third-order valence-electron chi connectivity index (χ3n) is 6.59. The highest BCUT2D eigenvalue weighted by molar-refractivity contribution is 5.85. The van der Waals surface area contributed by atoms with Crippen molar-refractivity contribution in [3.8, 4) is 23.0 Å². The molecule has 1 aliphatic heterocycles. The highest BCUT2D eigenvalue weighted by Crippen LogP contribution is 2.42. The molecule has 0 aromatic heterocycles. The lowest BCUT2D eigenvalue weighted by molar-refractivity contribution is 0.174. The first kappa shape index (κ1) is 27.4. The highest BCUT2D eigenvalue weighted by atomic mass is 35.5. The number of hydrogen-bond acceptors (Lipinski definition) is 6. The Bertz CT molecular complexity index is 897. The Hall–Kier alpha value is -1.86. The normalized spacial score (nSPS) is 18.2. The number of ether oxygens (including phenoxy) is 2. The van der Waals surface area contributed by atoms with Crippen LogP contribution in [0.4, 0.5) is 0 Å². The molecule has 1 aliphatic carbocycles. The fourth-order valence-corrected chi connectivity index (χ4v) is 4.78. The predicted octanol–water partition coefficient (Wildman–Crippen LogP) is 4.81. The SMILES string of the molecule is Cl.Cl.NC1CCc2c(ccc(O)c2O)C1CCCCCCNCCc1ccc2c(c1)OCO2. The molecular weight excluding hydrogens is 463 g/mol. The maximum Gasteiger partial charge on any atom is 0.231 e. The Labute approximate surface area is 208 Å². The molecule has 184 valence electrons. The lowest BCUT2D eigenvalue weighted by Gasteiger charge is -2.32. The number of benzene rings is 2. The van der Waals surface area contributed by atoms with Crippen LogP contribution in [0.5, 0.6) is 23.0 Å². The number of phenolic OH excluding ortho intramolecular Hbond substituents is 2. The van der Waals surface area contributed by atoms with Gasteiger partial charge in [-0.1, -0.05) is 31.4 Å². The number of hydrogen-bond donors (Lipinski definition) is 4. The Morgan fingerprint density at radius 2 is 1.73 bits per heavy atom. The van der Waals surface area contributed by atoms with Crippen LogP contribution in [0.2, 0.25) is 0 Å². The summed E-state index contributed by atoms with van der Waals surface area (Å²) in [6, 6.07) is 9.82. The summed E-state index contributed by atoms with van der Waals surface area (Å²) in [5, 5.41) is 23.5. The Kier molecular flexibility index (Phi) is 10.9. The number of unbranched alkanes of at least 4 members (excludes halogenated alkanes) is 3. The summed E-state index contributed by atoms with van der Waals surface area (Å²) in [7, 11) is 0. The average Bonchev–Trinajstić information content (AvgIpc) is 3.24. The van der Waals surface area contributed by atoms with E-state index in [9.17, 15) is 10.2 Å². The topological polar surface area (TPSA) is 97.0 Å². The zero-order valence-corrected chi connectivity index (χ0v) is 20.6. The van der Waals surface area contributed by atoms with E-state index >= 15 is 0 Å². The van der Waals surface area contributed by atoms with Crippen molar-refractivity contribution in [3.05, 3.63) is 47.0 Å². The first-order valence-corrected chi connectivity index (χ1v) is 11.5. The van der Waals surface area contributed by atoms with E-state index in [0.717, 1.165) is 67.8 Å². The quantitative estimate of drug-likeness (QED) is 0.277. The number of fused-ring (bicyclic) bond motifs is 2. The van der Waals surface area contributed by atoms with Crippen molar-refractivity contribution in [2.75, 3.05) is 19.9 Å². The number of aromatic hydroxyl groups is 2. The second-order valence-electron chi connectivity index (χ2n) is 8.70. The fraction of sp³-hybridized carbons (Fsp3) is 0.520. The van der Waals surface area contributed by atoms with E-state index < -0.39 is 0 Å². The molecule has 5 N–H and O–H groups in total. The lowest BCUT2D eigenvalue weighted by atomic mass is 9.76. The van der Waals surface area contributed by atoms with Crippen molar-refractivity contribution in [2.45, 2.75) is 63.3 Å². The van der Waals surface area contributed by atoms with Crippen LogP contribution in [0.15, 0.2) is 30.3 Å². The third-order valence-corrected chi connectivity index (χ3v) is 6.59. The lowest BCUT2D eigenvalue weighted by Crippen LogP contribution is -2.33. The van der Waals surface area contributed by atoms with Crippen LogP contribution in [-0.4, -0.2) is 36.1 Å². The smallest absolute Gasteiger partial charge is 0.231 e. The van der Waals surface area contributed by atoms with Crippen molar-refractivity contribution in [3.63, 3.8) is 0 Å². The number of halogens is 2. The van der Waals surface area contributed by atoms with Crippen LogP contribution >= 0.6 is 24.8 Å². The zero-order valence-electron chi connectivity index (χ0n) is 18.9. The summed E-state index contributed by atoms with van der Waals surface area (Å²) in [5.74, 6) is 1.98. The molecule has 0 radical (unpaired) electrons. The molecule has 0 spiro atoms. The van der Waals surface area contributed by atoms with Gasteiger partial charge in [0, 0.05) is 11.6 Å². The van der Waals surface area contributed by atoms with Crippen LogP contribution in [-0.2, 0) is 12.8 Å². The van der Waals surface area contributed by atoms with Gasteiger partial charge in [-0.3, -0.25) is 0 Å². The molecule has 2 unspecified atom stereocenters. The molecule has 0 saturated carbocycles. The highest BCUT2D eigenvalue weighted by Gasteiger charge is 2.29. The van der Waals surface area contributed by atoms with Crippen molar-refractivity contribution in [1.29, 1.82) is 0 Å². The van der Waals surface area contributed by atoms with Gasteiger partial charge >= 0.3 is 0 Å². The average molecular weight is 499 g/mol. The molecule has 8 heteroatoms. The first-order chi connectivity index (χ1) is 15.1. The second kappa shape index (κ2) is 13.1. The molecule has 0 saturated heterocycles. The molecule has 1 heterocycles. The number of rotatable bonds is 10. The summed E-state index contributed by atoms with van der Waals surface area (Å²) in [4.78, 5) is 0. The summed E-state index contributed by atoms with van der Waals surface area (Å²) in [5.41, 5.74) is 9.66. The molecular formula is C25H36Cl2N2O4. The van der Waals surface area contributed by atoms with Gasteiger partial charge in [-0.25, -0.2) is 0 Å². The van der Waals surface area contributed by atoms with Crippen LogP contribution < -0.4 is 20.5 Å². The van der Waals surface area contributed by atoms with Crippen LogP contribution in [0, 0.1) is 0 Å². The molecule has 2 aromatic carbocycles. The largest absolute Gasteiger partial charge is 0.504 e. The molecule has 0 amide bonds. The maximum atomic E-state index is 10.2. The van der Waals surface area contributed by atoms with Crippen molar-refractivity contribution in [1.82, 2.24) is 5.32 Å². The Morgan fingerprint density at radius 1 is 0.939 bits per heavy atom. The summed E-state index contributed by atoms with van der Waals surface area (Å²) < 4.78 is 10.8. The molecule has 6 nitrogen and oxygen atoms in total. The fourth-order valence-electron chi connectivity index (χ4n) is 4.78. The van der Waals surface area contributed by atoms with Crippen LogP contribution in [0.25, 0.3) is 0 Å². The van der Waals surface area contributed by atoms with Gasteiger partial charge in [0.1, 0.15) is 0 Å². The van der Waals surface area contributed by atoms with E-state index in [2.05, 4.69) is 17.4 Å². The molecule has 33 heavy (non-hydrogen) atoms. The van der Waals surface area contributed by atoms with E-state index in [1.807, 2.05) is 12.1 Å². The molecule has 0 bridgehead atoms. The van der Waals surface area contributed by atoms with E-state index in [4.69, 9.17) is 15.2 Å². The Balaban J connectivity index is 0.00000193. The van der Waals surface area contributed by atoms with Gasteiger partial charge in [-0.15, -0.1) is 24.8 Å². The van der Waals surface area contributed by atoms with Crippen molar-refractivity contribution < 1.29 is 19.7 Å². The van der Waals surface area contributed by atoms with Crippen LogP contribution in [0.1, 0.15) is 61.1 Å². The van der Waals surface area contributed by atoms with E-state index in [0.29, 0.717) is 6.79 Å². The minimum absolute atomic E-state index is 0. The van der Waals surface area contributed by atoms with Gasteiger partial charge in [0.2, 0.25) is 6.79 Å². The zero-order chi connectivity index (χ0) is 21.6. The number of phenols is 2. The summed E-state index contributed by atoms with van der Waals surface area (Å²) in [6.45, 7) is 2.31. The van der Waals surface area contributed by atoms with Gasteiger partial charge in [-0.2, -0.15) is 0 Å². The molecule has 0 fully saturated rings. The van der Waals surface area contributed by atoms with Gasteiger partial charge in [0.15, 0.2) is 23.0 Å². The molecule has 2 aliphatic rings. The Morgan fingerprint density at radius 3 is 2.58 bits per heavy atom. The van der Waals surface area contributed by atoms with Gasteiger partial charge in [0.05, 0.1) is 0 Å². The maximum absolute atomic E-state index is 10.2. The van der Waals surface area contributed by atoms with Crippen LogP contribution in [0.3, 0.4) is 0 Å². The summed E-state index contributed by atoms with van der Waals surface area (Å²) >= 11 is 0. The minimum Gasteiger partial charge on any atom is -0.504 e. The van der Waals surface area contributed by atoms with E-state index in [1.54, 1.807) is 6.07 Å². The number of nitrogens with two attached hydrogens (primary N) is 1. The van der Waals surface area contributed by atoms with Crippen molar-refractivity contribution in [2.24, 2.45) is 5.73 Å². The van der Waals surface area contributed by atoms with Gasteiger partial charge < -0.3 is 30.7 Å². The molecule has 4 rings (SSSR count). The second-order valence-corrected chi connectivity index (χ2v) is 8.70. The summed E-state index contributed by atoms with van der Waals surface area (Å²) in [6.07, 6.45) is 8.32. The van der Waals surface area contributed by atoms with Gasteiger partial charge in [-0.05, 0) is 80.4 Å². The predicted molar refractivity (Wildman–Crippen MR) is 136 cm³/mol. The van der Waals surface area contributed by atoms with E-state index in [-0.39, 0.29) is 48.3 Å². The van der Waals surface area contributed by atoms with Crippen molar-refractivity contribution >= 4 is 24.8 Å². The molecule has 2 aromatic rings. The monoisotopic (exact) mass is 498 g/mol.